The van der Waals surface area contributed by atoms with E-state index in [1.807, 2.05) is 19.9 Å². The molecular formula is C15H21N7O2. The van der Waals surface area contributed by atoms with Crippen molar-refractivity contribution >= 4 is 17.5 Å². The van der Waals surface area contributed by atoms with Crippen LogP contribution in [0.15, 0.2) is 24.3 Å². The average Bonchev–Trinajstić information content (AvgIpc) is 2.98. The third-order valence-electron chi connectivity index (χ3n) is 3.44. The SMILES string of the molecule is Cc1nnnn1-c1cccc(NC(=O)CNC(=O)[C@@H](N)C(C)C)c1. The summed E-state index contributed by atoms with van der Waals surface area (Å²) >= 11 is 0. The zero-order valence-electron chi connectivity index (χ0n) is 13.9. The number of hydrogen-bond donors (Lipinski definition) is 3. The van der Waals surface area contributed by atoms with Crippen molar-refractivity contribution in [3.63, 3.8) is 0 Å². The Morgan fingerprint density at radius 1 is 1.33 bits per heavy atom. The van der Waals surface area contributed by atoms with E-state index in [1.165, 1.54) is 0 Å². The van der Waals surface area contributed by atoms with Crippen molar-refractivity contribution in [1.82, 2.24) is 25.5 Å². The van der Waals surface area contributed by atoms with Crippen LogP contribution in [0.3, 0.4) is 0 Å². The highest BCUT2D eigenvalue weighted by Gasteiger charge is 2.17. The van der Waals surface area contributed by atoms with Crippen molar-refractivity contribution < 1.29 is 9.59 Å². The first-order valence-corrected chi connectivity index (χ1v) is 7.57. The van der Waals surface area contributed by atoms with Crippen molar-refractivity contribution in [3.05, 3.63) is 30.1 Å². The summed E-state index contributed by atoms with van der Waals surface area (Å²) in [6.07, 6.45) is 0. The van der Waals surface area contributed by atoms with Crippen molar-refractivity contribution in [2.24, 2.45) is 11.7 Å². The average molecular weight is 331 g/mol. The number of aryl methyl sites for hydroxylation is 1. The Labute approximate surface area is 139 Å². The highest BCUT2D eigenvalue weighted by molar-refractivity contribution is 5.95. The molecule has 2 rings (SSSR count). The highest BCUT2D eigenvalue weighted by Crippen LogP contribution is 2.14. The van der Waals surface area contributed by atoms with Gasteiger partial charge < -0.3 is 16.4 Å². The Morgan fingerprint density at radius 3 is 2.71 bits per heavy atom. The minimum Gasteiger partial charge on any atom is -0.346 e. The maximum atomic E-state index is 12.0. The molecule has 1 heterocycles. The fourth-order valence-electron chi connectivity index (χ4n) is 1.98. The van der Waals surface area contributed by atoms with Crippen molar-refractivity contribution in [2.75, 3.05) is 11.9 Å². The molecule has 1 atom stereocenters. The number of nitrogens with one attached hydrogen (secondary N) is 2. The van der Waals surface area contributed by atoms with Crippen LogP contribution in [0, 0.1) is 12.8 Å². The lowest BCUT2D eigenvalue weighted by Gasteiger charge is -2.15. The topological polar surface area (TPSA) is 128 Å². The molecule has 0 unspecified atom stereocenters. The molecule has 2 amide bonds. The van der Waals surface area contributed by atoms with E-state index in [0.717, 1.165) is 5.69 Å². The van der Waals surface area contributed by atoms with Crippen LogP contribution in [0.25, 0.3) is 5.69 Å². The lowest BCUT2D eigenvalue weighted by atomic mass is 10.1. The van der Waals surface area contributed by atoms with Gasteiger partial charge in [0.1, 0.15) is 0 Å². The smallest absolute Gasteiger partial charge is 0.243 e. The lowest BCUT2D eigenvalue weighted by molar-refractivity contribution is -0.125. The second kappa shape index (κ2) is 7.64. The van der Waals surface area contributed by atoms with Crippen LogP contribution in [0.1, 0.15) is 19.7 Å². The third kappa shape index (κ3) is 4.35. The molecule has 9 nitrogen and oxygen atoms in total. The standard InChI is InChI=1S/C15H21N7O2/c1-9(2)14(16)15(24)17-8-13(23)18-11-5-4-6-12(7-11)22-10(3)19-20-21-22/h4-7,9,14H,8,16H2,1-3H3,(H,17,24)(H,18,23)/t14-/m0/s1. The van der Waals surface area contributed by atoms with Gasteiger partial charge in [-0.25, -0.2) is 0 Å². The van der Waals surface area contributed by atoms with E-state index in [2.05, 4.69) is 26.2 Å². The predicted molar refractivity (Wildman–Crippen MR) is 88.3 cm³/mol. The second-order valence-corrected chi connectivity index (χ2v) is 5.72. The first-order chi connectivity index (χ1) is 11.4. The number of anilines is 1. The van der Waals surface area contributed by atoms with Gasteiger partial charge in [-0.15, -0.1) is 5.10 Å². The molecule has 0 radical (unpaired) electrons. The summed E-state index contributed by atoms with van der Waals surface area (Å²) < 4.78 is 1.55. The first kappa shape index (κ1) is 17.5. The summed E-state index contributed by atoms with van der Waals surface area (Å²) in [6, 6.07) is 6.44. The highest BCUT2D eigenvalue weighted by atomic mass is 16.2. The van der Waals surface area contributed by atoms with E-state index in [0.29, 0.717) is 11.5 Å². The van der Waals surface area contributed by atoms with Crippen molar-refractivity contribution in [2.45, 2.75) is 26.8 Å². The molecule has 0 aliphatic carbocycles. The fourth-order valence-corrected chi connectivity index (χ4v) is 1.98. The first-order valence-electron chi connectivity index (χ1n) is 7.57. The quantitative estimate of drug-likeness (QED) is 0.684. The van der Waals surface area contributed by atoms with Crippen LogP contribution in [-0.2, 0) is 9.59 Å². The summed E-state index contributed by atoms with van der Waals surface area (Å²) in [4.78, 5) is 23.7. The Morgan fingerprint density at radius 2 is 2.08 bits per heavy atom. The van der Waals surface area contributed by atoms with Gasteiger partial charge in [0.25, 0.3) is 0 Å². The molecule has 1 aromatic heterocycles. The molecule has 24 heavy (non-hydrogen) atoms. The number of nitrogens with two attached hydrogens (primary N) is 1. The number of benzene rings is 1. The van der Waals surface area contributed by atoms with E-state index in [9.17, 15) is 9.59 Å². The molecule has 2 aromatic rings. The minimum atomic E-state index is -0.635. The van der Waals surface area contributed by atoms with Gasteiger partial charge in [0.05, 0.1) is 18.3 Å². The second-order valence-electron chi connectivity index (χ2n) is 5.72. The molecule has 1 aromatic carbocycles. The summed E-state index contributed by atoms with van der Waals surface area (Å²) in [5.41, 5.74) is 7.02. The number of rotatable bonds is 6. The Bertz CT molecular complexity index is 726. The van der Waals surface area contributed by atoms with Crippen LogP contribution in [-0.4, -0.2) is 44.6 Å². The number of amides is 2. The summed E-state index contributed by atoms with van der Waals surface area (Å²) in [7, 11) is 0. The van der Waals surface area contributed by atoms with Gasteiger partial charge in [-0.05, 0) is 41.5 Å². The van der Waals surface area contributed by atoms with Crippen molar-refractivity contribution in [1.29, 1.82) is 0 Å². The van der Waals surface area contributed by atoms with E-state index >= 15 is 0 Å². The molecule has 128 valence electrons. The number of hydrogen-bond acceptors (Lipinski definition) is 6. The van der Waals surface area contributed by atoms with Gasteiger partial charge in [-0.1, -0.05) is 19.9 Å². The summed E-state index contributed by atoms with van der Waals surface area (Å²) in [5, 5.41) is 16.5. The number of carbonyl (C=O) groups excluding carboxylic acids is 2. The number of aromatic nitrogens is 4. The molecule has 0 bridgehead atoms. The molecule has 9 heteroatoms. The molecule has 4 N–H and O–H groups in total. The minimum absolute atomic E-state index is 0.00396. The summed E-state index contributed by atoms with van der Waals surface area (Å²) in [6.45, 7) is 5.32. The van der Waals surface area contributed by atoms with E-state index < -0.39 is 6.04 Å². The Hall–Kier alpha value is -2.81. The largest absolute Gasteiger partial charge is 0.346 e. The Kier molecular flexibility index (Phi) is 5.59. The molecule has 0 fully saturated rings. The van der Waals surface area contributed by atoms with Crippen LogP contribution >= 0.6 is 0 Å². The number of tetrazole rings is 1. The number of nitrogens with zero attached hydrogens (tertiary/aromatic N) is 4. The van der Waals surface area contributed by atoms with Crippen LogP contribution < -0.4 is 16.4 Å². The molecule has 0 aliphatic heterocycles. The summed E-state index contributed by atoms with van der Waals surface area (Å²) in [5.74, 6) is -0.0548. The maximum Gasteiger partial charge on any atom is 0.243 e. The Balaban J connectivity index is 1.95. The monoisotopic (exact) mass is 331 g/mol. The third-order valence-corrected chi connectivity index (χ3v) is 3.44. The van der Waals surface area contributed by atoms with Crippen LogP contribution in [0.5, 0.6) is 0 Å². The zero-order chi connectivity index (χ0) is 17.7. The van der Waals surface area contributed by atoms with E-state index in [1.54, 1.807) is 29.8 Å². The van der Waals surface area contributed by atoms with Gasteiger partial charge >= 0.3 is 0 Å². The van der Waals surface area contributed by atoms with E-state index in [4.69, 9.17) is 5.73 Å². The van der Waals surface area contributed by atoms with Gasteiger partial charge in [-0.3, -0.25) is 9.59 Å². The van der Waals surface area contributed by atoms with E-state index in [-0.39, 0.29) is 24.3 Å². The maximum absolute atomic E-state index is 12.0. The van der Waals surface area contributed by atoms with Crippen LogP contribution in [0.2, 0.25) is 0 Å². The fraction of sp³-hybridized carbons (Fsp3) is 0.400. The molecule has 0 saturated carbocycles. The van der Waals surface area contributed by atoms with Gasteiger partial charge in [0.15, 0.2) is 5.82 Å². The normalized spacial score (nSPS) is 12.0. The van der Waals surface area contributed by atoms with Crippen molar-refractivity contribution in [3.8, 4) is 5.69 Å². The molecule has 0 spiro atoms. The molecule has 0 aliphatic rings. The van der Waals surface area contributed by atoms with Crippen LogP contribution in [0.4, 0.5) is 5.69 Å². The zero-order valence-corrected chi connectivity index (χ0v) is 13.9. The van der Waals surface area contributed by atoms with Gasteiger partial charge in [0.2, 0.25) is 11.8 Å². The van der Waals surface area contributed by atoms with Gasteiger partial charge in [-0.2, -0.15) is 4.68 Å². The predicted octanol–water partition coefficient (Wildman–Crippen LogP) is 0.00872. The molecule has 0 saturated heterocycles. The molecular weight excluding hydrogens is 310 g/mol. The van der Waals surface area contributed by atoms with Gasteiger partial charge in [0, 0.05) is 5.69 Å². The number of carbonyl (C=O) groups is 2. The lowest BCUT2D eigenvalue weighted by Crippen LogP contribution is -2.46.